The van der Waals surface area contributed by atoms with Crippen molar-refractivity contribution >= 4 is 23.4 Å². The summed E-state index contributed by atoms with van der Waals surface area (Å²) in [6.07, 6.45) is 2.90. The van der Waals surface area contributed by atoms with E-state index in [-0.39, 0.29) is 29.4 Å². The Bertz CT molecular complexity index is 899. The first-order valence-corrected chi connectivity index (χ1v) is 9.14. The summed E-state index contributed by atoms with van der Waals surface area (Å²) in [5.74, 6) is -0.506. The third-order valence-corrected chi connectivity index (χ3v) is 4.45. The number of rotatable bonds is 5. The van der Waals surface area contributed by atoms with Gasteiger partial charge in [0.25, 0.3) is 11.8 Å². The van der Waals surface area contributed by atoms with Crippen molar-refractivity contribution in [1.29, 1.82) is 0 Å². The van der Waals surface area contributed by atoms with Gasteiger partial charge in [0, 0.05) is 38.9 Å². The molecule has 3 heterocycles. The second kappa shape index (κ2) is 8.55. The highest BCUT2D eigenvalue weighted by atomic mass is 16.6. The number of hydrogen-bond donors (Lipinski definition) is 1. The molecular formula is C19H23N5O4. The number of piperazine rings is 1. The second-order valence-corrected chi connectivity index (χ2v) is 6.22. The summed E-state index contributed by atoms with van der Waals surface area (Å²) in [6.45, 7) is 7.48. The number of pyridine rings is 1. The standard InChI is InChI=1S/C19H23N5O4/c1-3-8-20-17(25)16-21-15(14-7-5-6-9-24(14)16)18(26)22-10-12-23(13-11-22)19(27)28-4-2/h3,5-7,9H,1,4,8,10-13H2,2H3,(H,20,25). The first kappa shape index (κ1) is 19.4. The van der Waals surface area contributed by atoms with E-state index in [1.165, 1.54) is 0 Å². The number of nitrogens with zero attached hydrogens (tertiary/aromatic N) is 4. The molecule has 0 unspecified atom stereocenters. The van der Waals surface area contributed by atoms with Crippen LogP contribution in [0, 0.1) is 0 Å². The zero-order valence-electron chi connectivity index (χ0n) is 15.8. The molecule has 1 fully saturated rings. The molecule has 9 nitrogen and oxygen atoms in total. The predicted molar refractivity (Wildman–Crippen MR) is 102 cm³/mol. The summed E-state index contributed by atoms with van der Waals surface area (Å²) < 4.78 is 6.60. The lowest BCUT2D eigenvalue weighted by Gasteiger charge is -2.33. The van der Waals surface area contributed by atoms with Crippen LogP contribution in [0.2, 0.25) is 0 Å². The van der Waals surface area contributed by atoms with E-state index >= 15 is 0 Å². The molecule has 1 N–H and O–H groups in total. The van der Waals surface area contributed by atoms with Gasteiger partial charge in [-0.05, 0) is 19.1 Å². The summed E-state index contributed by atoms with van der Waals surface area (Å²) in [5, 5.41) is 2.68. The number of nitrogens with one attached hydrogen (secondary N) is 1. The highest BCUT2D eigenvalue weighted by molar-refractivity contribution is 6.02. The van der Waals surface area contributed by atoms with Gasteiger partial charge in [0.15, 0.2) is 5.69 Å². The minimum absolute atomic E-state index is 0.144. The minimum Gasteiger partial charge on any atom is -0.450 e. The van der Waals surface area contributed by atoms with Crippen molar-refractivity contribution in [3.05, 3.63) is 48.6 Å². The minimum atomic E-state index is -0.382. The molecule has 0 atom stereocenters. The Balaban J connectivity index is 1.80. The Hall–Kier alpha value is -3.36. The maximum Gasteiger partial charge on any atom is 0.409 e. The second-order valence-electron chi connectivity index (χ2n) is 6.22. The first-order chi connectivity index (χ1) is 13.6. The molecule has 1 aliphatic rings. The summed E-state index contributed by atoms with van der Waals surface area (Å²) >= 11 is 0. The van der Waals surface area contributed by atoms with E-state index in [4.69, 9.17) is 4.74 Å². The van der Waals surface area contributed by atoms with E-state index in [1.807, 2.05) is 0 Å². The number of amides is 3. The van der Waals surface area contributed by atoms with E-state index in [0.29, 0.717) is 44.8 Å². The monoisotopic (exact) mass is 385 g/mol. The van der Waals surface area contributed by atoms with E-state index < -0.39 is 0 Å². The molecule has 28 heavy (non-hydrogen) atoms. The van der Waals surface area contributed by atoms with Crippen LogP contribution in [0.4, 0.5) is 4.79 Å². The molecule has 2 aromatic heterocycles. The largest absolute Gasteiger partial charge is 0.450 e. The van der Waals surface area contributed by atoms with Crippen molar-refractivity contribution < 1.29 is 19.1 Å². The molecule has 0 aliphatic carbocycles. The van der Waals surface area contributed by atoms with E-state index in [9.17, 15) is 14.4 Å². The van der Waals surface area contributed by atoms with Gasteiger partial charge in [-0.1, -0.05) is 12.1 Å². The molecular weight excluding hydrogens is 362 g/mol. The highest BCUT2D eigenvalue weighted by Gasteiger charge is 2.29. The zero-order valence-corrected chi connectivity index (χ0v) is 15.8. The predicted octanol–water partition coefficient (Wildman–Crippen LogP) is 1.16. The van der Waals surface area contributed by atoms with E-state index in [1.54, 1.807) is 51.6 Å². The van der Waals surface area contributed by atoms with Crippen molar-refractivity contribution in [3.63, 3.8) is 0 Å². The molecule has 0 aromatic carbocycles. The fourth-order valence-electron chi connectivity index (χ4n) is 3.06. The maximum atomic E-state index is 13.0. The number of hydrogen-bond acceptors (Lipinski definition) is 5. The summed E-state index contributed by atoms with van der Waals surface area (Å²) in [4.78, 5) is 44.8. The Morgan fingerprint density at radius 2 is 1.93 bits per heavy atom. The van der Waals surface area contributed by atoms with Gasteiger partial charge in [0.2, 0.25) is 5.82 Å². The number of imidazole rings is 1. The van der Waals surface area contributed by atoms with Crippen LogP contribution in [0.15, 0.2) is 37.1 Å². The number of ether oxygens (including phenoxy) is 1. The molecule has 1 saturated heterocycles. The molecule has 0 spiro atoms. The van der Waals surface area contributed by atoms with Crippen LogP contribution in [0.3, 0.4) is 0 Å². The number of carbonyl (C=O) groups excluding carboxylic acids is 3. The van der Waals surface area contributed by atoms with Crippen molar-refractivity contribution in [2.24, 2.45) is 0 Å². The molecule has 1 aliphatic heterocycles. The molecule has 3 amide bonds. The Morgan fingerprint density at radius 3 is 2.61 bits per heavy atom. The van der Waals surface area contributed by atoms with E-state index in [0.717, 1.165) is 0 Å². The lowest BCUT2D eigenvalue weighted by molar-refractivity contribution is 0.0568. The number of carbonyl (C=O) groups is 3. The molecule has 0 bridgehead atoms. The topological polar surface area (TPSA) is 96.3 Å². The Morgan fingerprint density at radius 1 is 1.21 bits per heavy atom. The fourth-order valence-corrected chi connectivity index (χ4v) is 3.06. The molecule has 2 aromatic rings. The SMILES string of the molecule is C=CCNC(=O)c1nc(C(=O)N2CCN(C(=O)OCC)CC2)c2ccccn12. The average Bonchev–Trinajstić information content (AvgIpc) is 3.11. The van der Waals surface area contributed by atoms with Crippen LogP contribution < -0.4 is 5.32 Å². The van der Waals surface area contributed by atoms with Crippen LogP contribution in [-0.2, 0) is 4.74 Å². The molecule has 0 radical (unpaired) electrons. The van der Waals surface area contributed by atoms with Gasteiger partial charge in [-0.2, -0.15) is 0 Å². The van der Waals surface area contributed by atoms with Crippen molar-refractivity contribution in [1.82, 2.24) is 24.5 Å². The third kappa shape index (κ3) is 3.83. The van der Waals surface area contributed by atoms with Crippen LogP contribution in [0.1, 0.15) is 28.0 Å². The number of aromatic nitrogens is 2. The normalized spacial score (nSPS) is 14.0. The number of fused-ring (bicyclic) bond motifs is 1. The molecule has 9 heteroatoms. The average molecular weight is 385 g/mol. The van der Waals surface area contributed by atoms with E-state index in [2.05, 4.69) is 16.9 Å². The molecule has 0 saturated carbocycles. The Labute approximate surface area is 162 Å². The summed E-state index contributed by atoms with van der Waals surface area (Å²) in [6, 6.07) is 5.31. The van der Waals surface area contributed by atoms with Gasteiger partial charge in [0.05, 0.1) is 12.1 Å². The van der Waals surface area contributed by atoms with Crippen LogP contribution in [0.25, 0.3) is 5.52 Å². The molecule has 148 valence electrons. The molecule has 3 rings (SSSR count). The van der Waals surface area contributed by atoms with Gasteiger partial charge >= 0.3 is 6.09 Å². The van der Waals surface area contributed by atoms with Gasteiger partial charge in [-0.25, -0.2) is 9.78 Å². The van der Waals surface area contributed by atoms with Crippen molar-refractivity contribution in [2.75, 3.05) is 39.3 Å². The van der Waals surface area contributed by atoms with Gasteiger partial charge in [-0.3, -0.25) is 14.0 Å². The van der Waals surface area contributed by atoms with Crippen LogP contribution in [-0.4, -0.2) is 76.4 Å². The van der Waals surface area contributed by atoms with Crippen LogP contribution >= 0.6 is 0 Å². The van der Waals surface area contributed by atoms with Crippen molar-refractivity contribution in [2.45, 2.75) is 6.92 Å². The zero-order chi connectivity index (χ0) is 20.1. The highest BCUT2D eigenvalue weighted by Crippen LogP contribution is 2.17. The third-order valence-electron chi connectivity index (χ3n) is 4.45. The first-order valence-electron chi connectivity index (χ1n) is 9.14. The fraction of sp³-hybridized carbons (Fsp3) is 0.368. The summed E-state index contributed by atoms with van der Waals surface area (Å²) in [5.41, 5.74) is 0.776. The lowest BCUT2D eigenvalue weighted by Crippen LogP contribution is -2.50. The summed E-state index contributed by atoms with van der Waals surface area (Å²) in [7, 11) is 0. The van der Waals surface area contributed by atoms with Crippen molar-refractivity contribution in [3.8, 4) is 0 Å². The van der Waals surface area contributed by atoms with Crippen LogP contribution in [0.5, 0.6) is 0 Å². The Kier molecular flexibility index (Phi) is 5.93. The van der Waals surface area contributed by atoms with Gasteiger partial charge in [-0.15, -0.1) is 6.58 Å². The quantitative estimate of drug-likeness (QED) is 0.780. The lowest BCUT2D eigenvalue weighted by atomic mass is 10.2. The van der Waals surface area contributed by atoms with Gasteiger partial charge < -0.3 is 19.9 Å². The smallest absolute Gasteiger partial charge is 0.409 e. The maximum absolute atomic E-state index is 13.0. The van der Waals surface area contributed by atoms with Gasteiger partial charge in [0.1, 0.15) is 0 Å².